The molecule has 2 rings (SSSR count). The van der Waals surface area contributed by atoms with Gasteiger partial charge in [-0.25, -0.2) is 0 Å². The van der Waals surface area contributed by atoms with Crippen molar-refractivity contribution < 1.29 is 9.90 Å². The first-order valence-corrected chi connectivity index (χ1v) is 6.69. The maximum absolute atomic E-state index is 12.4. The van der Waals surface area contributed by atoms with E-state index in [1.54, 1.807) is 12.3 Å². The number of benzene rings is 1. The number of aliphatic hydroxyl groups is 1. The highest BCUT2D eigenvalue weighted by molar-refractivity contribution is 6.06. The second kappa shape index (κ2) is 7.22. The van der Waals surface area contributed by atoms with E-state index in [2.05, 4.69) is 22.1 Å². The van der Waals surface area contributed by atoms with Crippen molar-refractivity contribution in [1.29, 1.82) is 0 Å². The summed E-state index contributed by atoms with van der Waals surface area (Å²) in [6, 6.07) is 9.30. The van der Waals surface area contributed by atoms with Gasteiger partial charge >= 0.3 is 0 Å². The van der Waals surface area contributed by atoms with Crippen LogP contribution >= 0.6 is 0 Å². The Morgan fingerprint density at radius 3 is 2.90 bits per heavy atom. The first-order valence-electron chi connectivity index (χ1n) is 6.69. The molecule has 4 heteroatoms. The standard InChI is InChI=1S/C17H16N2O2/c1-2-13-6-3-4-8-16(13)19-17(21)15-9-10-18-12-14(15)7-5-11-20/h3-4,6,8-10,12,20H,2,11H2,1H3,(H,19,21). The lowest BCUT2D eigenvalue weighted by molar-refractivity contribution is 0.102. The summed E-state index contributed by atoms with van der Waals surface area (Å²) in [6.45, 7) is 1.78. The minimum Gasteiger partial charge on any atom is -0.384 e. The molecule has 0 saturated carbocycles. The van der Waals surface area contributed by atoms with E-state index in [4.69, 9.17) is 5.11 Å². The SMILES string of the molecule is CCc1ccccc1NC(=O)c1ccncc1C#CCO. The van der Waals surface area contributed by atoms with Crippen LogP contribution in [-0.2, 0) is 6.42 Å². The highest BCUT2D eigenvalue weighted by Gasteiger charge is 2.11. The number of nitrogens with zero attached hydrogens (tertiary/aromatic N) is 1. The highest BCUT2D eigenvalue weighted by Crippen LogP contribution is 2.17. The van der Waals surface area contributed by atoms with Crippen molar-refractivity contribution in [2.24, 2.45) is 0 Å². The smallest absolute Gasteiger partial charge is 0.257 e. The van der Waals surface area contributed by atoms with E-state index < -0.39 is 0 Å². The number of hydrogen-bond donors (Lipinski definition) is 2. The number of anilines is 1. The number of aryl methyl sites for hydroxylation is 1. The third-order valence-electron chi connectivity index (χ3n) is 3.01. The number of nitrogens with one attached hydrogen (secondary N) is 1. The van der Waals surface area contributed by atoms with Gasteiger partial charge in [0, 0.05) is 18.1 Å². The van der Waals surface area contributed by atoms with Crippen molar-refractivity contribution in [2.75, 3.05) is 11.9 Å². The van der Waals surface area contributed by atoms with Crippen LogP contribution in [-0.4, -0.2) is 22.6 Å². The van der Waals surface area contributed by atoms with Crippen molar-refractivity contribution in [2.45, 2.75) is 13.3 Å². The van der Waals surface area contributed by atoms with Gasteiger partial charge in [-0.2, -0.15) is 0 Å². The zero-order valence-corrected chi connectivity index (χ0v) is 11.8. The Morgan fingerprint density at radius 2 is 2.14 bits per heavy atom. The van der Waals surface area contributed by atoms with Gasteiger partial charge in [0.15, 0.2) is 0 Å². The Labute approximate surface area is 123 Å². The Kier molecular flexibility index (Phi) is 5.08. The van der Waals surface area contributed by atoms with Crippen LogP contribution in [0.2, 0.25) is 0 Å². The van der Waals surface area contributed by atoms with Gasteiger partial charge in [0.2, 0.25) is 0 Å². The minimum atomic E-state index is -0.255. The molecular weight excluding hydrogens is 264 g/mol. The molecule has 0 saturated heterocycles. The van der Waals surface area contributed by atoms with E-state index in [9.17, 15) is 4.79 Å². The maximum atomic E-state index is 12.4. The molecule has 0 bridgehead atoms. The molecule has 1 heterocycles. The van der Waals surface area contributed by atoms with Gasteiger partial charge in [0.1, 0.15) is 6.61 Å². The summed E-state index contributed by atoms with van der Waals surface area (Å²) in [7, 11) is 0. The Morgan fingerprint density at radius 1 is 1.33 bits per heavy atom. The van der Waals surface area contributed by atoms with Crippen LogP contribution < -0.4 is 5.32 Å². The van der Waals surface area contributed by atoms with Crippen LogP contribution in [0.5, 0.6) is 0 Å². The van der Waals surface area contributed by atoms with E-state index in [0.29, 0.717) is 11.1 Å². The molecule has 0 radical (unpaired) electrons. The lowest BCUT2D eigenvalue weighted by Crippen LogP contribution is -2.15. The van der Waals surface area contributed by atoms with Gasteiger partial charge in [-0.15, -0.1) is 0 Å². The molecule has 2 aromatic rings. The predicted octanol–water partition coefficient (Wildman–Crippen LogP) is 2.24. The van der Waals surface area contributed by atoms with E-state index in [1.165, 1.54) is 6.20 Å². The quantitative estimate of drug-likeness (QED) is 0.848. The molecule has 0 fully saturated rings. The Hall–Kier alpha value is -2.64. The van der Waals surface area contributed by atoms with Crippen LogP contribution in [0.1, 0.15) is 28.4 Å². The molecule has 21 heavy (non-hydrogen) atoms. The predicted molar refractivity (Wildman–Crippen MR) is 82.0 cm³/mol. The normalized spacial score (nSPS) is 9.62. The molecule has 1 aromatic heterocycles. The summed E-state index contributed by atoms with van der Waals surface area (Å²) < 4.78 is 0. The van der Waals surface area contributed by atoms with Gasteiger partial charge in [-0.1, -0.05) is 37.0 Å². The number of carbonyl (C=O) groups is 1. The summed E-state index contributed by atoms with van der Waals surface area (Å²) in [5, 5.41) is 11.7. The van der Waals surface area contributed by atoms with Gasteiger partial charge in [0.05, 0.1) is 11.1 Å². The number of aromatic nitrogens is 1. The zero-order valence-electron chi connectivity index (χ0n) is 11.8. The monoisotopic (exact) mass is 280 g/mol. The number of pyridine rings is 1. The second-order valence-electron chi connectivity index (χ2n) is 4.35. The van der Waals surface area contributed by atoms with Crippen molar-refractivity contribution >= 4 is 11.6 Å². The molecule has 1 aromatic carbocycles. The number of amides is 1. The average molecular weight is 280 g/mol. The van der Waals surface area contributed by atoms with E-state index >= 15 is 0 Å². The summed E-state index contributed by atoms with van der Waals surface area (Å²) in [5.41, 5.74) is 2.81. The molecule has 0 aliphatic carbocycles. The molecule has 4 nitrogen and oxygen atoms in total. The number of aliphatic hydroxyl groups excluding tert-OH is 1. The molecule has 0 unspecified atom stereocenters. The fourth-order valence-electron chi connectivity index (χ4n) is 1.97. The number of hydrogen-bond acceptors (Lipinski definition) is 3. The van der Waals surface area contributed by atoms with Crippen LogP contribution in [0.4, 0.5) is 5.69 Å². The first-order chi connectivity index (χ1) is 10.3. The topological polar surface area (TPSA) is 62.2 Å². The summed E-state index contributed by atoms with van der Waals surface area (Å²) >= 11 is 0. The number of rotatable bonds is 3. The molecule has 1 amide bonds. The maximum Gasteiger partial charge on any atom is 0.257 e. The van der Waals surface area contributed by atoms with Gasteiger partial charge < -0.3 is 10.4 Å². The Bertz CT molecular complexity index is 699. The van der Waals surface area contributed by atoms with Gasteiger partial charge in [-0.05, 0) is 24.1 Å². The molecular formula is C17H16N2O2. The lowest BCUT2D eigenvalue weighted by Gasteiger charge is -2.10. The van der Waals surface area contributed by atoms with Gasteiger partial charge in [-0.3, -0.25) is 9.78 Å². The molecule has 0 aliphatic heterocycles. The van der Waals surface area contributed by atoms with E-state index in [1.807, 2.05) is 31.2 Å². The third kappa shape index (κ3) is 3.68. The highest BCUT2D eigenvalue weighted by atomic mass is 16.2. The number of carbonyl (C=O) groups excluding carboxylic acids is 1. The van der Waals surface area contributed by atoms with Gasteiger partial charge in [0.25, 0.3) is 5.91 Å². The minimum absolute atomic E-state index is 0.236. The third-order valence-corrected chi connectivity index (χ3v) is 3.01. The summed E-state index contributed by atoms with van der Waals surface area (Å²) in [6.07, 6.45) is 3.90. The van der Waals surface area contributed by atoms with Crippen molar-refractivity contribution in [3.8, 4) is 11.8 Å². The first kappa shape index (κ1) is 14.8. The van der Waals surface area contributed by atoms with Crippen LogP contribution in [0.3, 0.4) is 0 Å². The number of para-hydroxylation sites is 1. The van der Waals surface area contributed by atoms with Crippen LogP contribution in [0.25, 0.3) is 0 Å². The van der Waals surface area contributed by atoms with Crippen molar-refractivity contribution in [1.82, 2.24) is 4.98 Å². The fraction of sp³-hybridized carbons (Fsp3) is 0.176. The fourth-order valence-corrected chi connectivity index (χ4v) is 1.97. The van der Waals surface area contributed by atoms with E-state index in [0.717, 1.165) is 17.7 Å². The van der Waals surface area contributed by atoms with Crippen LogP contribution in [0, 0.1) is 11.8 Å². The summed E-state index contributed by atoms with van der Waals surface area (Å²) in [5.74, 6) is 5.03. The molecule has 0 atom stereocenters. The Balaban J connectivity index is 2.29. The van der Waals surface area contributed by atoms with Crippen LogP contribution in [0.15, 0.2) is 42.7 Å². The molecule has 106 valence electrons. The summed E-state index contributed by atoms with van der Waals surface area (Å²) in [4.78, 5) is 16.4. The van der Waals surface area contributed by atoms with Crippen molar-refractivity contribution in [3.05, 3.63) is 59.4 Å². The molecule has 0 aliphatic rings. The molecule has 2 N–H and O–H groups in total. The van der Waals surface area contributed by atoms with E-state index in [-0.39, 0.29) is 12.5 Å². The largest absolute Gasteiger partial charge is 0.384 e. The van der Waals surface area contributed by atoms with Crippen molar-refractivity contribution in [3.63, 3.8) is 0 Å². The zero-order chi connectivity index (χ0) is 15.1. The second-order valence-corrected chi connectivity index (χ2v) is 4.35. The molecule has 0 spiro atoms. The lowest BCUT2D eigenvalue weighted by atomic mass is 10.1. The average Bonchev–Trinajstić information content (AvgIpc) is 2.53.